The molecule has 1 aliphatic rings. The first-order valence-corrected chi connectivity index (χ1v) is 7.32. The molecule has 0 spiro atoms. The van der Waals surface area contributed by atoms with E-state index in [1.807, 2.05) is 48.5 Å². The van der Waals surface area contributed by atoms with Crippen LogP contribution in [-0.4, -0.2) is 18.6 Å². The molecule has 0 saturated carbocycles. The average Bonchev–Trinajstić information content (AvgIpc) is 3.04. The van der Waals surface area contributed by atoms with E-state index in [4.69, 9.17) is 4.74 Å². The molecule has 0 bridgehead atoms. The predicted molar refractivity (Wildman–Crippen MR) is 81.8 cm³/mol. The Morgan fingerprint density at radius 3 is 2.43 bits per heavy atom. The minimum absolute atomic E-state index is 0.155. The second kappa shape index (κ2) is 6.55. The van der Waals surface area contributed by atoms with E-state index in [1.54, 1.807) is 0 Å². The fraction of sp³-hybridized carbons (Fsp3) is 0.278. The summed E-state index contributed by atoms with van der Waals surface area (Å²) in [5, 5.41) is 3.27. The molecule has 2 aromatic rings. The maximum Gasteiger partial charge on any atom is 0.323 e. The van der Waals surface area contributed by atoms with Crippen molar-refractivity contribution >= 4 is 5.97 Å². The number of carbonyl (C=O) groups excluding carboxylic acids is 1. The molecule has 21 heavy (non-hydrogen) atoms. The van der Waals surface area contributed by atoms with Gasteiger partial charge in [-0.1, -0.05) is 60.7 Å². The number of ether oxygens (including phenoxy) is 1. The maximum absolute atomic E-state index is 12.1. The van der Waals surface area contributed by atoms with E-state index in [0.29, 0.717) is 12.5 Å². The van der Waals surface area contributed by atoms with Crippen molar-refractivity contribution in [2.75, 3.05) is 6.54 Å². The van der Waals surface area contributed by atoms with E-state index in [-0.39, 0.29) is 12.0 Å². The molecule has 3 rings (SSSR count). The van der Waals surface area contributed by atoms with E-state index < -0.39 is 0 Å². The number of carbonyl (C=O) groups is 1. The van der Waals surface area contributed by atoms with E-state index >= 15 is 0 Å². The zero-order chi connectivity index (χ0) is 14.5. The Balaban J connectivity index is 1.53. The smallest absolute Gasteiger partial charge is 0.323 e. The van der Waals surface area contributed by atoms with Gasteiger partial charge in [0.15, 0.2) is 0 Å². The Labute approximate surface area is 124 Å². The molecule has 3 heteroatoms. The number of nitrogens with one attached hydrogen (secondary N) is 1. The molecule has 1 saturated heterocycles. The van der Waals surface area contributed by atoms with Crippen LogP contribution in [0.5, 0.6) is 0 Å². The number of rotatable bonds is 4. The summed E-state index contributed by atoms with van der Waals surface area (Å²) in [5.41, 5.74) is 2.30. The van der Waals surface area contributed by atoms with Crippen molar-refractivity contribution in [3.05, 3.63) is 71.8 Å². The molecular formula is C18H19NO2. The lowest BCUT2D eigenvalue weighted by molar-refractivity contribution is -0.147. The van der Waals surface area contributed by atoms with Crippen LogP contribution in [0, 0.1) is 0 Å². The minimum Gasteiger partial charge on any atom is -0.460 e. The van der Waals surface area contributed by atoms with Gasteiger partial charge in [-0.05, 0) is 23.5 Å². The summed E-state index contributed by atoms with van der Waals surface area (Å²) in [6.07, 6.45) is 0.803. The van der Waals surface area contributed by atoms with Gasteiger partial charge in [0.1, 0.15) is 12.6 Å². The number of esters is 1. The van der Waals surface area contributed by atoms with E-state index in [1.165, 1.54) is 5.56 Å². The molecule has 0 amide bonds. The van der Waals surface area contributed by atoms with Crippen LogP contribution in [0.15, 0.2) is 60.7 Å². The molecule has 1 fully saturated rings. The van der Waals surface area contributed by atoms with Crippen molar-refractivity contribution in [2.24, 2.45) is 0 Å². The summed E-state index contributed by atoms with van der Waals surface area (Å²) in [7, 11) is 0. The summed E-state index contributed by atoms with van der Waals surface area (Å²) >= 11 is 0. The van der Waals surface area contributed by atoms with Crippen molar-refractivity contribution in [2.45, 2.75) is 25.0 Å². The van der Waals surface area contributed by atoms with Crippen LogP contribution in [0.1, 0.15) is 23.5 Å². The van der Waals surface area contributed by atoms with Crippen molar-refractivity contribution in [3.63, 3.8) is 0 Å². The largest absolute Gasteiger partial charge is 0.460 e. The quantitative estimate of drug-likeness (QED) is 0.876. The van der Waals surface area contributed by atoms with Gasteiger partial charge in [-0.15, -0.1) is 0 Å². The summed E-state index contributed by atoms with van der Waals surface area (Å²) in [5.74, 6) is 0.234. The van der Waals surface area contributed by atoms with Gasteiger partial charge in [-0.3, -0.25) is 4.79 Å². The summed E-state index contributed by atoms with van der Waals surface area (Å²) in [4.78, 5) is 12.1. The van der Waals surface area contributed by atoms with Gasteiger partial charge < -0.3 is 10.1 Å². The van der Waals surface area contributed by atoms with Crippen molar-refractivity contribution < 1.29 is 9.53 Å². The fourth-order valence-electron chi connectivity index (χ4n) is 2.72. The van der Waals surface area contributed by atoms with Crippen molar-refractivity contribution in [3.8, 4) is 0 Å². The van der Waals surface area contributed by atoms with Gasteiger partial charge in [0.25, 0.3) is 0 Å². The topological polar surface area (TPSA) is 38.3 Å². The SMILES string of the molecule is O=C(OCc1ccccc1)[C@@H]1C[C@@H](c2ccccc2)CN1. The highest BCUT2D eigenvalue weighted by atomic mass is 16.5. The summed E-state index contributed by atoms with van der Waals surface area (Å²) in [6.45, 7) is 1.17. The highest BCUT2D eigenvalue weighted by Gasteiger charge is 2.31. The molecule has 1 N–H and O–H groups in total. The standard InChI is InChI=1S/C18H19NO2/c20-18(21-13-14-7-3-1-4-8-14)17-11-16(12-19-17)15-9-5-2-6-10-15/h1-10,16-17,19H,11-13H2/t16-,17+/m1/s1. The third-order valence-electron chi connectivity index (χ3n) is 3.91. The van der Waals surface area contributed by atoms with Crippen LogP contribution >= 0.6 is 0 Å². The number of hydrogen-bond acceptors (Lipinski definition) is 3. The van der Waals surface area contributed by atoms with Crippen LogP contribution in [0.25, 0.3) is 0 Å². The normalized spacial score (nSPS) is 21.1. The van der Waals surface area contributed by atoms with Gasteiger partial charge in [-0.25, -0.2) is 0 Å². The molecule has 1 aliphatic heterocycles. The van der Waals surface area contributed by atoms with Crippen LogP contribution in [0.3, 0.4) is 0 Å². The van der Waals surface area contributed by atoms with Gasteiger partial charge in [0.05, 0.1) is 0 Å². The lowest BCUT2D eigenvalue weighted by atomic mass is 9.96. The lowest BCUT2D eigenvalue weighted by Gasteiger charge is -2.11. The first-order valence-electron chi connectivity index (χ1n) is 7.32. The van der Waals surface area contributed by atoms with Gasteiger partial charge in [0.2, 0.25) is 0 Å². The second-order valence-electron chi connectivity index (χ2n) is 5.40. The molecular weight excluding hydrogens is 262 g/mol. The predicted octanol–water partition coefficient (Wildman–Crippen LogP) is 2.88. The highest BCUT2D eigenvalue weighted by molar-refractivity contribution is 5.76. The minimum atomic E-state index is -0.195. The third-order valence-corrected chi connectivity index (χ3v) is 3.91. The van der Waals surface area contributed by atoms with Crippen LogP contribution in [0.4, 0.5) is 0 Å². The Morgan fingerprint density at radius 1 is 1.05 bits per heavy atom. The molecule has 0 aliphatic carbocycles. The summed E-state index contributed by atoms with van der Waals surface area (Å²) in [6, 6.07) is 19.9. The fourth-order valence-corrected chi connectivity index (χ4v) is 2.72. The van der Waals surface area contributed by atoms with Crippen molar-refractivity contribution in [1.82, 2.24) is 5.32 Å². The Kier molecular flexibility index (Phi) is 4.31. The molecule has 0 aromatic heterocycles. The van der Waals surface area contributed by atoms with Crippen LogP contribution < -0.4 is 5.32 Å². The third kappa shape index (κ3) is 3.50. The maximum atomic E-state index is 12.1. The monoisotopic (exact) mass is 281 g/mol. The lowest BCUT2D eigenvalue weighted by Crippen LogP contribution is -2.32. The number of hydrogen-bond donors (Lipinski definition) is 1. The average molecular weight is 281 g/mol. The molecule has 2 aromatic carbocycles. The first-order chi connectivity index (χ1) is 10.3. The Hall–Kier alpha value is -2.13. The van der Waals surface area contributed by atoms with E-state index in [2.05, 4.69) is 17.4 Å². The van der Waals surface area contributed by atoms with Gasteiger partial charge >= 0.3 is 5.97 Å². The molecule has 2 atom stereocenters. The van der Waals surface area contributed by atoms with E-state index in [0.717, 1.165) is 18.5 Å². The molecule has 108 valence electrons. The Morgan fingerprint density at radius 2 is 1.71 bits per heavy atom. The highest BCUT2D eigenvalue weighted by Crippen LogP contribution is 2.26. The zero-order valence-electron chi connectivity index (χ0n) is 11.9. The van der Waals surface area contributed by atoms with Crippen LogP contribution in [0.2, 0.25) is 0 Å². The van der Waals surface area contributed by atoms with Crippen LogP contribution in [-0.2, 0) is 16.1 Å². The number of benzene rings is 2. The molecule has 1 heterocycles. The van der Waals surface area contributed by atoms with Gasteiger partial charge in [0, 0.05) is 6.54 Å². The Bertz CT molecular complexity index is 583. The summed E-state index contributed by atoms with van der Waals surface area (Å²) < 4.78 is 5.39. The molecule has 0 unspecified atom stereocenters. The molecule has 3 nitrogen and oxygen atoms in total. The van der Waals surface area contributed by atoms with Gasteiger partial charge in [-0.2, -0.15) is 0 Å². The zero-order valence-corrected chi connectivity index (χ0v) is 11.9. The molecule has 0 radical (unpaired) electrons. The van der Waals surface area contributed by atoms with Crippen molar-refractivity contribution in [1.29, 1.82) is 0 Å². The second-order valence-corrected chi connectivity index (χ2v) is 5.40. The van der Waals surface area contributed by atoms with E-state index in [9.17, 15) is 4.79 Å². The first kappa shape index (κ1) is 13.8.